The Morgan fingerprint density at radius 2 is 2.27 bits per heavy atom. The van der Waals surface area contributed by atoms with Crippen LogP contribution >= 0.6 is 27.5 Å². The minimum Gasteiger partial charge on any atom is -0.444 e. The van der Waals surface area contributed by atoms with Crippen molar-refractivity contribution in [2.24, 2.45) is 0 Å². The molecule has 78 valence electrons. The Bertz CT molecular complexity index is 486. The highest BCUT2D eigenvalue weighted by Crippen LogP contribution is 2.24. The third kappa shape index (κ3) is 2.21. The summed E-state index contributed by atoms with van der Waals surface area (Å²) in [5.41, 5.74) is 1.22. The van der Waals surface area contributed by atoms with Gasteiger partial charge in [-0.05, 0) is 34.1 Å². The SMILES string of the molecule is Fc1cc(-c2nc(CCl)co2)ccc1Br. The van der Waals surface area contributed by atoms with Gasteiger partial charge in [0.15, 0.2) is 0 Å². The van der Waals surface area contributed by atoms with E-state index < -0.39 is 0 Å². The Balaban J connectivity index is 2.40. The molecule has 0 saturated heterocycles. The van der Waals surface area contributed by atoms with Crippen LogP contribution in [0.4, 0.5) is 4.39 Å². The number of oxazole rings is 1. The Morgan fingerprint density at radius 3 is 2.87 bits per heavy atom. The summed E-state index contributed by atoms with van der Waals surface area (Å²) in [5, 5.41) is 0. The molecule has 1 heterocycles. The highest BCUT2D eigenvalue weighted by molar-refractivity contribution is 9.10. The van der Waals surface area contributed by atoms with Crippen molar-refractivity contribution in [1.29, 1.82) is 0 Å². The summed E-state index contributed by atoms with van der Waals surface area (Å²) in [5.74, 6) is 0.304. The van der Waals surface area contributed by atoms with Crippen LogP contribution in [0.5, 0.6) is 0 Å². The molecule has 0 radical (unpaired) electrons. The van der Waals surface area contributed by atoms with Crippen LogP contribution in [0, 0.1) is 5.82 Å². The summed E-state index contributed by atoms with van der Waals surface area (Å²) in [6.07, 6.45) is 1.46. The molecule has 15 heavy (non-hydrogen) atoms. The number of benzene rings is 1. The first-order valence-corrected chi connectivity index (χ1v) is 5.49. The Morgan fingerprint density at radius 1 is 1.47 bits per heavy atom. The van der Waals surface area contributed by atoms with E-state index in [0.717, 1.165) is 0 Å². The van der Waals surface area contributed by atoms with E-state index in [9.17, 15) is 4.39 Å². The largest absolute Gasteiger partial charge is 0.444 e. The van der Waals surface area contributed by atoms with Crippen molar-refractivity contribution in [3.05, 3.63) is 40.4 Å². The fourth-order valence-electron chi connectivity index (χ4n) is 1.13. The lowest BCUT2D eigenvalue weighted by Crippen LogP contribution is -1.83. The number of hydrogen-bond donors (Lipinski definition) is 0. The molecule has 2 nitrogen and oxygen atoms in total. The van der Waals surface area contributed by atoms with E-state index in [1.54, 1.807) is 12.1 Å². The number of alkyl halides is 1. The summed E-state index contributed by atoms with van der Waals surface area (Å²) in [6.45, 7) is 0. The van der Waals surface area contributed by atoms with Crippen LogP contribution in [-0.2, 0) is 5.88 Å². The summed E-state index contributed by atoms with van der Waals surface area (Å²) in [6, 6.07) is 4.68. The van der Waals surface area contributed by atoms with E-state index >= 15 is 0 Å². The molecular formula is C10H6BrClFNO. The van der Waals surface area contributed by atoms with Gasteiger partial charge in [-0.3, -0.25) is 0 Å². The minimum atomic E-state index is -0.349. The molecule has 0 amide bonds. The van der Waals surface area contributed by atoms with Gasteiger partial charge in [-0.2, -0.15) is 0 Å². The Labute approximate surface area is 99.2 Å². The van der Waals surface area contributed by atoms with Gasteiger partial charge >= 0.3 is 0 Å². The van der Waals surface area contributed by atoms with Gasteiger partial charge in [0.1, 0.15) is 12.1 Å². The zero-order chi connectivity index (χ0) is 10.8. The maximum Gasteiger partial charge on any atom is 0.226 e. The number of aromatic nitrogens is 1. The van der Waals surface area contributed by atoms with Crippen LogP contribution in [0.3, 0.4) is 0 Å². The van der Waals surface area contributed by atoms with Crippen molar-refractivity contribution >= 4 is 27.5 Å². The molecule has 0 aliphatic heterocycles. The van der Waals surface area contributed by atoms with Gasteiger partial charge in [-0.15, -0.1) is 11.6 Å². The third-order valence-corrected chi connectivity index (χ3v) is 2.77. The van der Waals surface area contributed by atoms with Crippen molar-refractivity contribution in [2.45, 2.75) is 5.88 Å². The van der Waals surface area contributed by atoms with E-state index in [4.69, 9.17) is 16.0 Å². The van der Waals surface area contributed by atoms with Gasteiger partial charge in [-0.25, -0.2) is 9.37 Å². The third-order valence-electron chi connectivity index (χ3n) is 1.86. The van der Waals surface area contributed by atoms with Crippen molar-refractivity contribution in [3.8, 4) is 11.5 Å². The molecule has 0 aliphatic carbocycles. The van der Waals surface area contributed by atoms with Gasteiger partial charge in [0, 0.05) is 5.56 Å². The van der Waals surface area contributed by atoms with Crippen molar-refractivity contribution in [2.75, 3.05) is 0 Å². The molecule has 2 rings (SSSR count). The first-order valence-electron chi connectivity index (χ1n) is 4.16. The molecule has 2 aromatic rings. The summed E-state index contributed by atoms with van der Waals surface area (Å²) >= 11 is 8.65. The zero-order valence-electron chi connectivity index (χ0n) is 7.51. The van der Waals surface area contributed by atoms with Crippen molar-refractivity contribution in [3.63, 3.8) is 0 Å². The first-order chi connectivity index (χ1) is 7.20. The molecule has 0 fully saturated rings. The lowest BCUT2D eigenvalue weighted by Gasteiger charge is -1.97. The topological polar surface area (TPSA) is 26.0 Å². The second kappa shape index (κ2) is 4.33. The second-order valence-electron chi connectivity index (χ2n) is 2.91. The molecule has 0 unspecified atom stereocenters. The van der Waals surface area contributed by atoms with Crippen molar-refractivity contribution < 1.29 is 8.81 Å². The van der Waals surface area contributed by atoms with E-state index in [1.807, 2.05) is 0 Å². The van der Waals surface area contributed by atoms with Gasteiger partial charge in [0.2, 0.25) is 5.89 Å². The van der Waals surface area contributed by atoms with Crippen LogP contribution in [0.15, 0.2) is 33.4 Å². The summed E-state index contributed by atoms with van der Waals surface area (Å²) in [7, 11) is 0. The highest BCUT2D eigenvalue weighted by atomic mass is 79.9. The van der Waals surface area contributed by atoms with Crippen LogP contribution in [0.2, 0.25) is 0 Å². The lowest BCUT2D eigenvalue weighted by molar-refractivity contribution is 0.571. The molecule has 0 atom stereocenters. The fourth-order valence-corrected chi connectivity index (χ4v) is 1.50. The maximum atomic E-state index is 13.2. The van der Waals surface area contributed by atoms with Crippen LogP contribution in [0.1, 0.15) is 5.69 Å². The molecule has 0 bridgehead atoms. The van der Waals surface area contributed by atoms with E-state index in [2.05, 4.69) is 20.9 Å². The van der Waals surface area contributed by atoms with E-state index in [-0.39, 0.29) is 11.7 Å². The zero-order valence-corrected chi connectivity index (χ0v) is 9.85. The average molecular weight is 291 g/mol. The summed E-state index contributed by atoms with van der Waals surface area (Å²) < 4.78 is 18.8. The predicted molar refractivity (Wildman–Crippen MR) is 59.2 cm³/mol. The Kier molecular flexibility index (Phi) is 3.07. The van der Waals surface area contributed by atoms with E-state index in [0.29, 0.717) is 21.6 Å². The molecule has 1 aromatic heterocycles. The molecule has 0 saturated carbocycles. The van der Waals surface area contributed by atoms with Crippen molar-refractivity contribution in [1.82, 2.24) is 4.98 Å². The first kappa shape index (κ1) is 10.6. The molecular weight excluding hydrogens is 284 g/mol. The standard InChI is InChI=1S/C10H6BrClFNO/c11-8-2-1-6(3-9(8)13)10-14-7(4-12)5-15-10/h1-3,5H,4H2. The van der Waals surface area contributed by atoms with Crippen LogP contribution in [0.25, 0.3) is 11.5 Å². The van der Waals surface area contributed by atoms with E-state index in [1.165, 1.54) is 12.3 Å². The number of rotatable bonds is 2. The molecule has 0 spiro atoms. The molecule has 5 heteroatoms. The number of nitrogens with zero attached hydrogens (tertiary/aromatic N) is 1. The normalized spacial score (nSPS) is 10.6. The minimum absolute atomic E-state index is 0.280. The predicted octanol–water partition coefficient (Wildman–Crippen LogP) is 3.98. The molecule has 0 N–H and O–H groups in total. The lowest BCUT2D eigenvalue weighted by atomic mass is 10.2. The number of hydrogen-bond acceptors (Lipinski definition) is 2. The highest BCUT2D eigenvalue weighted by Gasteiger charge is 2.08. The molecule has 1 aromatic carbocycles. The number of halogens is 3. The van der Waals surface area contributed by atoms with Gasteiger partial charge in [0.25, 0.3) is 0 Å². The van der Waals surface area contributed by atoms with Gasteiger partial charge in [-0.1, -0.05) is 0 Å². The average Bonchev–Trinajstić information content (AvgIpc) is 2.70. The quantitative estimate of drug-likeness (QED) is 0.782. The fraction of sp³-hybridized carbons (Fsp3) is 0.100. The Hall–Kier alpha value is -0.870. The second-order valence-corrected chi connectivity index (χ2v) is 4.03. The van der Waals surface area contributed by atoms with Crippen LogP contribution < -0.4 is 0 Å². The van der Waals surface area contributed by atoms with Gasteiger partial charge < -0.3 is 4.42 Å². The maximum absolute atomic E-state index is 13.2. The van der Waals surface area contributed by atoms with Crippen LogP contribution in [-0.4, -0.2) is 4.98 Å². The smallest absolute Gasteiger partial charge is 0.226 e. The molecule has 0 aliphatic rings. The van der Waals surface area contributed by atoms with Gasteiger partial charge in [0.05, 0.1) is 16.0 Å². The monoisotopic (exact) mass is 289 g/mol. The summed E-state index contributed by atoms with van der Waals surface area (Å²) in [4.78, 5) is 4.09.